The molecule has 1 heterocycles. The van der Waals surface area contributed by atoms with Gasteiger partial charge in [-0.25, -0.2) is 0 Å². The van der Waals surface area contributed by atoms with Crippen molar-refractivity contribution in [3.8, 4) is 0 Å². The van der Waals surface area contributed by atoms with Gasteiger partial charge in [0.2, 0.25) is 0 Å². The van der Waals surface area contributed by atoms with E-state index in [0.29, 0.717) is 6.61 Å². The zero-order chi connectivity index (χ0) is 8.48. The van der Waals surface area contributed by atoms with Crippen molar-refractivity contribution in [3.05, 3.63) is 0 Å². The van der Waals surface area contributed by atoms with Crippen LogP contribution in [0.1, 0.15) is 20.8 Å². The van der Waals surface area contributed by atoms with E-state index in [4.69, 9.17) is 4.74 Å². The lowest BCUT2D eigenvalue weighted by Crippen LogP contribution is -2.63. The molecule has 1 fully saturated rings. The quantitative estimate of drug-likeness (QED) is 0.595. The summed E-state index contributed by atoms with van der Waals surface area (Å²) in [5.41, 5.74) is 0.0756. The van der Waals surface area contributed by atoms with Crippen LogP contribution >= 0.6 is 0 Å². The predicted octanol–water partition coefficient (Wildman–Crippen LogP) is 0.547. The number of hydrogen-bond donors (Lipinski definition) is 1. The monoisotopic (exact) mass is 157 g/mol. The molecule has 0 spiro atoms. The third-order valence-corrected chi connectivity index (χ3v) is 2.07. The van der Waals surface area contributed by atoms with Crippen molar-refractivity contribution in [1.29, 1.82) is 0 Å². The summed E-state index contributed by atoms with van der Waals surface area (Å²) < 4.78 is 4.88. The van der Waals surface area contributed by atoms with Crippen LogP contribution < -0.4 is 5.32 Å². The van der Waals surface area contributed by atoms with Crippen LogP contribution in [0.15, 0.2) is 0 Å². The maximum absolute atomic E-state index is 11.2. The number of carbonyl (C=O) groups is 1. The smallest absolute Gasteiger partial charge is 0.323 e. The fourth-order valence-corrected chi connectivity index (χ4v) is 1.24. The Morgan fingerprint density at radius 1 is 1.73 bits per heavy atom. The standard InChI is InChI=1S/C8H15NO2/c1-4-11-7(10)6-8(2,3)5-9-6/h6,9H,4-5H2,1-3H3. The van der Waals surface area contributed by atoms with E-state index in [0.717, 1.165) is 6.54 Å². The van der Waals surface area contributed by atoms with E-state index in [9.17, 15) is 4.79 Å². The van der Waals surface area contributed by atoms with E-state index in [1.165, 1.54) is 0 Å². The Morgan fingerprint density at radius 2 is 2.36 bits per heavy atom. The Hall–Kier alpha value is -0.570. The minimum Gasteiger partial charge on any atom is -0.465 e. The van der Waals surface area contributed by atoms with Gasteiger partial charge in [-0.05, 0) is 6.92 Å². The zero-order valence-corrected chi connectivity index (χ0v) is 7.31. The maximum Gasteiger partial charge on any atom is 0.323 e. The van der Waals surface area contributed by atoms with Gasteiger partial charge in [0, 0.05) is 12.0 Å². The van der Waals surface area contributed by atoms with Gasteiger partial charge in [-0.15, -0.1) is 0 Å². The van der Waals surface area contributed by atoms with Gasteiger partial charge >= 0.3 is 5.97 Å². The summed E-state index contributed by atoms with van der Waals surface area (Å²) in [7, 11) is 0. The van der Waals surface area contributed by atoms with Crippen molar-refractivity contribution >= 4 is 5.97 Å². The molecule has 1 N–H and O–H groups in total. The van der Waals surface area contributed by atoms with Gasteiger partial charge in [0.15, 0.2) is 0 Å². The first-order valence-electron chi connectivity index (χ1n) is 3.98. The minimum atomic E-state index is -0.122. The summed E-state index contributed by atoms with van der Waals surface area (Å²) in [4.78, 5) is 11.2. The topological polar surface area (TPSA) is 38.3 Å². The van der Waals surface area contributed by atoms with Crippen LogP contribution in [0.4, 0.5) is 0 Å². The molecule has 0 amide bonds. The van der Waals surface area contributed by atoms with Crippen LogP contribution in [0.2, 0.25) is 0 Å². The maximum atomic E-state index is 11.2. The van der Waals surface area contributed by atoms with Crippen molar-refractivity contribution < 1.29 is 9.53 Å². The second kappa shape index (κ2) is 2.81. The number of hydrogen-bond acceptors (Lipinski definition) is 3. The largest absolute Gasteiger partial charge is 0.465 e. The summed E-state index contributed by atoms with van der Waals surface area (Å²) in [5, 5.41) is 3.05. The van der Waals surface area contributed by atoms with Crippen LogP contribution in [0.25, 0.3) is 0 Å². The number of carbonyl (C=O) groups excluding carboxylic acids is 1. The molecule has 0 aromatic carbocycles. The van der Waals surface area contributed by atoms with Crippen molar-refractivity contribution in [2.24, 2.45) is 5.41 Å². The highest BCUT2D eigenvalue weighted by atomic mass is 16.5. The fraction of sp³-hybridized carbons (Fsp3) is 0.875. The summed E-state index contributed by atoms with van der Waals surface area (Å²) in [6.07, 6.45) is 0. The second-order valence-corrected chi connectivity index (χ2v) is 3.55. The number of nitrogens with one attached hydrogen (secondary N) is 1. The molecule has 1 aliphatic heterocycles. The summed E-state index contributed by atoms with van der Waals surface area (Å²) in [5.74, 6) is -0.122. The Labute approximate surface area is 67.1 Å². The van der Waals surface area contributed by atoms with E-state index in [2.05, 4.69) is 19.2 Å². The molecular weight excluding hydrogens is 142 g/mol. The third-order valence-electron chi connectivity index (χ3n) is 2.07. The van der Waals surface area contributed by atoms with Gasteiger partial charge in [0.05, 0.1) is 6.61 Å². The zero-order valence-electron chi connectivity index (χ0n) is 7.31. The van der Waals surface area contributed by atoms with E-state index >= 15 is 0 Å². The first kappa shape index (κ1) is 8.53. The molecule has 0 aromatic heterocycles. The van der Waals surface area contributed by atoms with E-state index in [-0.39, 0.29) is 17.4 Å². The predicted molar refractivity (Wildman–Crippen MR) is 42.2 cm³/mol. The molecule has 0 aliphatic carbocycles. The molecule has 0 bridgehead atoms. The molecule has 3 nitrogen and oxygen atoms in total. The molecule has 3 heteroatoms. The molecule has 1 unspecified atom stereocenters. The summed E-state index contributed by atoms with van der Waals surface area (Å²) in [6.45, 7) is 7.31. The molecule has 0 saturated carbocycles. The molecule has 1 aliphatic rings. The average Bonchev–Trinajstić information content (AvgIpc) is 1.86. The molecule has 1 saturated heterocycles. The number of ether oxygens (including phenoxy) is 1. The molecule has 0 aromatic rings. The molecule has 1 rings (SSSR count). The Morgan fingerprint density at radius 3 is 2.64 bits per heavy atom. The second-order valence-electron chi connectivity index (χ2n) is 3.55. The Bertz CT molecular complexity index is 165. The highest BCUT2D eigenvalue weighted by Crippen LogP contribution is 2.28. The summed E-state index contributed by atoms with van der Waals surface area (Å²) in [6, 6.07) is -0.0950. The lowest BCUT2D eigenvalue weighted by molar-refractivity contribution is -0.152. The highest BCUT2D eigenvalue weighted by Gasteiger charge is 2.43. The molecule has 1 atom stereocenters. The van der Waals surface area contributed by atoms with Crippen LogP contribution in [0.3, 0.4) is 0 Å². The van der Waals surface area contributed by atoms with Crippen molar-refractivity contribution in [2.75, 3.05) is 13.2 Å². The number of esters is 1. The van der Waals surface area contributed by atoms with Crippen LogP contribution in [-0.4, -0.2) is 25.2 Å². The first-order valence-corrected chi connectivity index (χ1v) is 3.98. The average molecular weight is 157 g/mol. The molecular formula is C8H15NO2. The minimum absolute atomic E-state index is 0.0756. The van der Waals surface area contributed by atoms with Gasteiger partial charge in [0.1, 0.15) is 6.04 Å². The van der Waals surface area contributed by atoms with Gasteiger partial charge in [-0.3, -0.25) is 4.79 Å². The molecule has 64 valence electrons. The highest BCUT2D eigenvalue weighted by molar-refractivity contribution is 5.78. The normalized spacial score (nSPS) is 27.4. The van der Waals surface area contributed by atoms with E-state index in [1.54, 1.807) is 0 Å². The summed E-state index contributed by atoms with van der Waals surface area (Å²) >= 11 is 0. The van der Waals surface area contributed by atoms with Gasteiger partial charge < -0.3 is 10.1 Å². The SMILES string of the molecule is CCOC(=O)C1NCC1(C)C. The van der Waals surface area contributed by atoms with Gasteiger partial charge in [-0.2, -0.15) is 0 Å². The molecule has 0 radical (unpaired) electrons. The Balaban J connectivity index is 2.43. The third kappa shape index (κ3) is 1.53. The van der Waals surface area contributed by atoms with Crippen molar-refractivity contribution in [2.45, 2.75) is 26.8 Å². The van der Waals surface area contributed by atoms with Crippen LogP contribution in [0, 0.1) is 5.41 Å². The van der Waals surface area contributed by atoms with Gasteiger partial charge in [-0.1, -0.05) is 13.8 Å². The first-order chi connectivity index (χ1) is 5.08. The van der Waals surface area contributed by atoms with Crippen LogP contribution in [-0.2, 0) is 9.53 Å². The lowest BCUT2D eigenvalue weighted by Gasteiger charge is -2.43. The fourth-order valence-electron chi connectivity index (χ4n) is 1.24. The van der Waals surface area contributed by atoms with Crippen molar-refractivity contribution in [1.82, 2.24) is 5.32 Å². The van der Waals surface area contributed by atoms with E-state index < -0.39 is 0 Å². The lowest BCUT2D eigenvalue weighted by atomic mass is 9.77. The molecule has 11 heavy (non-hydrogen) atoms. The number of rotatable bonds is 2. The Kier molecular flexibility index (Phi) is 2.18. The van der Waals surface area contributed by atoms with Gasteiger partial charge in [0.25, 0.3) is 0 Å². The van der Waals surface area contributed by atoms with E-state index in [1.807, 2.05) is 6.92 Å². The van der Waals surface area contributed by atoms with Crippen molar-refractivity contribution in [3.63, 3.8) is 0 Å². The van der Waals surface area contributed by atoms with Crippen LogP contribution in [0.5, 0.6) is 0 Å².